The lowest BCUT2D eigenvalue weighted by molar-refractivity contribution is 0.0824. The maximum Gasteiger partial charge on any atom is 0.153 e. The van der Waals surface area contributed by atoms with Crippen molar-refractivity contribution in [1.29, 1.82) is 0 Å². The van der Waals surface area contributed by atoms with E-state index in [9.17, 15) is 5.11 Å². The van der Waals surface area contributed by atoms with Crippen LogP contribution >= 0.6 is 11.3 Å². The highest BCUT2D eigenvalue weighted by molar-refractivity contribution is 7.10. The minimum absolute atomic E-state index is 0.584. The van der Waals surface area contributed by atoms with E-state index in [4.69, 9.17) is 4.42 Å². The Morgan fingerprint density at radius 1 is 1.18 bits per heavy atom. The predicted molar refractivity (Wildman–Crippen MR) is 69.2 cm³/mol. The Labute approximate surface area is 103 Å². The lowest BCUT2D eigenvalue weighted by atomic mass is 10.0. The van der Waals surface area contributed by atoms with Crippen molar-refractivity contribution in [2.75, 3.05) is 0 Å². The molecule has 0 aliphatic rings. The fourth-order valence-corrected chi connectivity index (χ4v) is 2.69. The third kappa shape index (κ3) is 1.68. The number of aliphatic hydroxyl groups is 1. The summed E-state index contributed by atoms with van der Waals surface area (Å²) < 4.78 is 5.71. The Balaban J connectivity index is 2.15. The molecule has 0 saturated heterocycles. The van der Waals surface area contributed by atoms with Crippen LogP contribution in [0.4, 0.5) is 0 Å². The van der Waals surface area contributed by atoms with Gasteiger partial charge in [-0.1, -0.05) is 24.3 Å². The average Bonchev–Trinajstić information content (AvgIpc) is 2.98. The largest absolute Gasteiger partial charge is 0.458 e. The van der Waals surface area contributed by atoms with Crippen molar-refractivity contribution in [3.63, 3.8) is 0 Å². The van der Waals surface area contributed by atoms with Crippen molar-refractivity contribution in [3.05, 3.63) is 58.5 Å². The first kappa shape index (κ1) is 10.6. The monoisotopic (exact) mass is 244 g/mol. The Bertz CT molecular complexity index is 602. The van der Waals surface area contributed by atoms with Crippen LogP contribution in [0.5, 0.6) is 0 Å². The highest BCUT2D eigenvalue weighted by Gasteiger charge is 2.30. The zero-order valence-electron chi connectivity index (χ0n) is 9.38. The summed E-state index contributed by atoms with van der Waals surface area (Å²) in [7, 11) is 0. The predicted octanol–water partition coefficient (Wildman–Crippen LogP) is 3.75. The van der Waals surface area contributed by atoms with E-state index >= 15 is 0 Å². The number of hydrogen-bond acceptors (Lipinski definition) is 3. The molecule has 0 aliphatic carbocycles. The molecule has 3 heteroatoms. The molecule has 17 heavy (non-hydrogen) atoms. The minimum Gasteiger partial charge on any atom is -0.458 e. The fourth-order valence-electron chi connectivity index (χ4n) is 1.90. The number of rotatable bonds is 2. The number of benzene rings is 1. The van der Waals surface area contributed by atoms with Crippen LogP contribution in [0.15, 0.2) is 52.3 Å². The van der Waals surface area contributed by atoms with Gasteiger partial charge < -0.3 is 9.52 Å². The molecule has 0 aliphatic heterocycles. The number of fused-ring (bicyclic) bond motifs is 1. The zero-order chi connectivity index (χ0) is 11.9. The van der Waals surface area contributed by atoms with Gasteiger partial charge in [-0.15, -0.1) is 11.3 Å². The summed E-state index contributed by atoms with van der Waals surface area (Å²) in [5.74, 6) is 0.584. The average molecular weight is 244 g/mol. The number of furan rings is 1. The number of hydrogen-bond donors (Lipinski definition) is 1. The second kappa shape index (κ2) is 3.72. The van der Waals surface area contributed by atoms with E-state index in [1.165, 1.54) is 11.3 Å². The summed E-state index contributed by atoms with van der Waals surface area (Å²) in [4.78, 5) is 0.886. The van der Waals surface area contributed by atoms with Gasteiger partial charge in [-0.05, 0) is 30.5 Å². The van der Waals surface area contributed by atoms with Crippen LogP contribution in [0.1, 0.15) is 17.6 Å². The molecule has 0 amide bonds. The van der Waals surface area contributed by atoms with Gasteiger partial charge >= 0.3 is 0 Å². The Kier molecular flexibility index (Phi) is 2.31. The van der Waals surface area contributed by atoms with E-state index in [2.05, 4.69) is 0 Å². The van der Waals surface area contributed by atoms with Gasteiger partial charge in [0.15, 0.2) is 5.60 Å². The Morgan fingerprint density at radius 3 is 2.71 bits per heavy atom. The summed E-state index contributed by atoms with van der Waals surface area (Å²) in [5.41, 5.74) is -0.257. The summed E-state index contributed by atoms with van der Waals surface area (Å²) in [6.07, 6.45) is 0. The number of para-hydroxylation sites is 1. The van der Waals surface area contributed by atoms with Crippen molar-refractivity contribution >= 4 is 22.3 Å². The molecule has 0 fully saturated rings. The van der Waals surface area contributed by atoms with E-state index in [0.717, 1.165) is 15.8 Å². The standard InChI is InChI=1S/C14H12O2S/c1-14(15,13-7-4-8-17-13)12-9-10-5-2-3-6-11(10)16-12/h2-9,15H,1H3. The quantitative estimate of drug-likeness (QED) is 0.744. The van der Waals surface area contributed by atoms with Crippen molar-refractivity contribution in [2.45, 2.75) is 12.5 Å². The van der Waals surface area contributed by atoms with Crippen LogP contribution in [0.25, 0.3) is 11.0 Å². The summed E-state index contributed by atoms with van der Waals surface area (Å²) in [6.45, 7) is 1.76. The third-order valence-corrected chi connectivity index (χ3v) is 3.99. The first-order chi connectivity index (χ1) is 8.18. The van der Waals surface area contributed by atoms with Crippen molar-refractivity contribution in [2.24, 2.45) is 0 Å². The molecule has 1 unspecified atom stereocenters. The van der Waals surface area contributed by atoms with Crippen molar-refractivity contribution in [1.82, 2.24) is 0 Å². The van der Waals surface area contributed by atoms with Crippen LogP contribution in [0.2, 0.25) is 0 Å². The van der Waals surface area contributed by atoms with E-state index in [1.807, 2.05) is 47.8 Å². The van der Waals surface area contributed by atoms with Gasteiger partial charge in [-0.25, -0.2) is 0 Å². The summed E-state index contributed by atoms with van der Waals surface area (Å²) in [5, 5.41) is 13.5. The molecule has 86 valence electrons. The molecule has 0 radical (unpaired) electrons. The molecule has 3 rings (SSSR count). The highest BCUT2D eigenvalue weighted by Crippen LogP contribution is 2.35. The van der Waals surface area contributed by atoms with Crippen LogP contribution in [0, 0.1) is 0 Å². The molecule has 3 aromatic rings. The van der Waals surface area contributed by atoms with Crippen molar-refractivity contribution < 1.29 is 9.52 Å². The van der Waals surface area contributed by atoms with E-state index < -0.39 is 5.60 Å². The number of thiophene rings is 1. The van der Waals surface area contributed by atoms with Crippen LogP contribution in [-0.4, -0.2) is 5.11 Å². The van der Waals surface area contributed by atoms with Gasteiger partial charge in [0.25, 0.3) is 0 Å². The van der Waals surface area contributed by atoms with Gasteiger partial charge in [0.2, 0.25) is 0 Å². The first-order valence-electron chi connectivity index (χ1n) is 5.43. The fraction of sp³-hybridized carbons (Fsp3) is 0.143. The molecule has 2 aromatic heterocycles. The normalized spacial score (nSPS) is 14.9. The second-order valence-corrected chi connectivity index (χ2v) is 5.15. The SMILES string of the molecule is CC(O)(c1cc2ccccc2o1)c1cccs1. The molecule has 0 bridgehead atoms. The first-order valence-corrected chi connectivity index (χ1v) is 6.31. The lowest BCUT2D eigenvalue weighted by Crippen LogP contribution is -2.20. The third-order valence-electron chi connectivity index (χ3n) is 2.91. The molecule has 1 N–H and O–H groups in total. The lowest BCUT2D eigenvalue weighted by Gasteiger charge is -2.18. The molecule has 0 spiro atoms. The summed E-state index contributed by atoms with van der Waals surface area (Å²) >= 11 is 1.52. The van der Waals surface area contributed by atoms with Gasteiger partial charge in [0.05, 0.1) is 0 Å². The van der Waals surface area contributed by atoms with E-state index in [0.29, 0.717) is 5.76 Å². The van der Waals surface area contributed by atoms with E-state index in [-0.39, 0.29) is 0 Å². The molecule has 2 heterocycles. The van der Waals surface area contributed by atoms with Crippen LogP contribution in [-0.2, 0) is 5.60 Å². The molecule has 2 nitrogen and oxygen atoms in total. The molecule has 1 atom stereocenters. The summed E-state index contributed by atoms with van der Waals surface area (Å²) in [6, 6.07) is 13.5. The smallest absolute Gasteiger partial charge is 0.153 e. The van der Waals surface area contributed by atoms with Gasteiger partial charge in [0, 0.05) is 10.3 Å². The van der Waals surface area contributed by atoms with Gasteiger partial charge in [-0.2, -0.15) is 0 Å². The maximum atomic E-state index is 10.6. The van der Waals surface area contributed by atoms with Gasteiger partial charge in [0.1, 0.15) is 11.3 Å². The molecular weight excluding hydrogens is 232 g/mol. The maximum absolute atomic E-state index is 10.6. The van der Waals surface area contributed by atoms with E-state index in [1.54, 1.807) is 6.92 Å². The Morgan fingerprint density at radius 2 is 2.00 bits per heavy atom. The topological polar surface area (TPSA) is 33.4 Å². The van der Waals surface area contributed by atoms with Gasteiger partial charge in [-0.3, -0.25) is 0 Å². The van der Waals surface area contributed by atoms with Crippen LogP contribution in [0.3, 0.4) is 0 Å². The van der Waals surface area contributed by atoms with Crippen LogP contribution < -0.4 is 0 Å². The molecule has 0 saturated carbocycles. The molecule has 1 aromatic carbocycles. The highest BCUT2D eigenvalue weighted by atomic mass is 32.1. The molecular formula is C14H12O2S. The van der Waals surface area contributed by atoms with Crippen molar-refractivity contribution in [3.8, 4) is 0 Å². The minimum atomic E-state index is -1.06. The zero-order valence-corrected chi connectivity index (χ0v) is 10.2. The Hall–Kier alpha value is -1.58. The second-order valence-electron chi connectivity index (χ2n) is 4.20.